The third-order valence-corrected chi connectivity index (χ3v) is 5.41. The van der Waals surface area contributed by atoms with Crippen molar-refractivity contribution in [3.63, 3.8) is 0 Å². The van der Waals surface area contributed by atoms with Crippen LogP contribution >= 0.6 is 0 Å². The molecule has 0 saturated carbocycles. The van der Waals surface area contributed by atoms with Crippen molar-refractivity contribution in [2.75, 3.05) is 38.2 Å². The van der Waals surface area contributed by atoms with Crippen LogP contribution in [0.3, 0.4) is 0 Å². The van der Waals surface area contributed by atoms with Crippen molar-refractivity contribution in [3.8, 4) is 17.1 Å². The van der Waals surface area contributed by atoms with Crippen LogP contribution in [0.25, 0.3) is 11.4 Å². The molecule has 2 aliphatic heterocycles. The number of nitrogens with zero attached hydrogens (tertiary/aromatic N) is 4. The van der Waals surface area contributed by atoms with E-state index < -0.39 is 0 Å². The van der Waals surface area contributed by atoms with Gasteiger partial charge in [0.15, 0.2) is 0 Å². The molecule has 0 bridgehead atoms. The Balaban J connectivity index is 1.37. The molecule has 0 unspecified atom stereocenters. The number of methoxy groups -OCH3 is 1. The second-order valence-electron chi connectivity index (χ2n) is 6.94. The lowest BCUT2D eigenvalue weighted by Crippen LogP contribution is -2.46. The normalized spacial score (nSPS) is 20.0. The summed E-state index contributed by atoms with van der Waals surface area (Å²) in [5, 5.41) is 4.15. The van der Waals surface area contributed by atoms with Crippen LogP contribution < -0.4 is 9.64 Å². The minimum atomic E-state index is 0.635. The molecule has 134 valence electrons. The summed E-state index contributed by atoms with van der Waals surface area (Å²) in [6.07, 6.45) is 6.47. The van der Waals surface area contributed by atoms with E-state index in [1.54, 1.807) is 7.11 Å². The molecule has 0 amide bonds. The first kappa shape index (κ1) is 16.4. The van der Waals surface area contributed by atoms with Gasteiger partial charge in [0.2, 0.25) is 5.82 Å². The molecule has 25 heavy (non-hydrogen) atoms. The molecule has 2 fully saturated rings. The fourth-order valence-corrected chi connectivity index (χ4v) is 3.91. The van der Waals surface area contributed by atoms with Gasteiger partial charge < -0.3 is 19.1 Å². The summed E-state index contributed by atoms with van der Waals surface area (Å²) in [5.41, 5.74) is 0.944. The number of likely N-dealkylation sites (tertiary alicyclic amines) is 1. The zero-order chi connectivity index (χ0) is 17.1. The lowest BCUT2D eigenvalue weighted by atomic mass is 10.0. The number of aromatic nitrogens is 2. The molecule has 1 aromatic heterocycles. The Labute approximate surface area is 148 Å². The Morgan fingerprint density at radius 1 is 1.00 bits per heavy atom. The molecular formula is C19H26N4O2. The van der Waals surface area contributed by atoms with Crippen molar-refractivity contribution in [2.24, 2.45) is 0 Å². The zero-order valence-electron chi connectivity index (χ0n) is 14.9. The van der Waals surface area contributed by atoms with Crippen molar-refractivity contribution in [1.82, 2.24) is 15.0 Å². The summed E-state index contributed by atoms with van der Waals surface area (Å²) in [6.45, 7) is 4.52. The summed E-state index contributed by atoms with van der Waals surface area (Å²) in [7, 11) is 1.66. The van der Waals surface area contributed by atoms with Crippen LogP contribution in [0.4, 0.5) is 6.01 Å². The highest BCUT2D eigenvalue weighted by molar-refractivity contribution is 5.56. The lowest BCUT2D eigenvalue weighted by Gasteiger charge is -2.39. The highest BCUT2D eigenvalue weighted by atomic mass is 16.5. The van der Waals surface area contributed by atoms with Gasteiger partial charge in [-0.25, -0.2) is 0 Å². The number of piperidine rings is 2. The fourth-order valence-electron chi connectivity index (χ4n) is 3.91. The van der Waals surface area contributed by atoms with Gasteiger partial charge in [0.25, 0.3) is 0 Å². The second kappa shape index (κ2) is 7.44. The summed E-state index contributed by atoms with van der Waals surface area (Å²) < 4.78 is 10.7. The topological polar surface area (TPSA) is 54.6 Å². The van der Waals surface area contributed by atoms with Gasteiger partial charge >= 0.3 is 6.01 Å². The SMILES string of the molecule is COc1ccc(-c2noc(N3CCC(N4CCCCC4)CC3)n2)cc1. The predicted octanol–water partition coefficient (Wildman–Crippen LogP) is 3.20. The van der Waals surface area contributed by atoms with Crippen LogP contribution in [-0.4, -0.2) is 54.4 Å². The van der Waals surface area contributed by atoms with Crippen LogP contribution in [-0.2, 0) is 0 Å². The van der Waals surface area contributed by atoms with Crippen molar-refractivity contribution < 1.29 is 9.26 Å². The molecule has 1 aromatic carbocycles. The largest absolute Gasteiger partial charge is 0.497 e. The minimum absolute atomic E-state index is 0.635. The third-order valence-electron chi connectivity index (χ3n) is 5.41. The molecule has 0 aliphatic carbocycles. The zero-order valence-corrected chi connectivity index (χ0v) is 14.9. The summed E-state index contributed by atoms with van der Waals surface area (Å²) in [5.74, 6) is 1.46. The van der Waals surface area contributed by atoms with Gasteiger partial charge in [0.05, 0.1) is 7.11 Å². The van der Waals surface area contributed by atoms with Crippen molar-refractivity contribution >= 4 is 6.01 Å². The van der Waals surface area contributed by atoms with Crippen molar-refractivity contribution in [3.05, 3.63) is 24.3 Å². The number of hydrogen-bond donors (Lipinski definition) is 0. The van der Waals surface area contributed by atoms with Crippen LogP contribution in [0.15, 0.2) is 28.8 Å². The van der Waals surface area contributed by atoms with Gasteiger partial charge in [-0.05, 0) is 63.0 Å². The molecule has 4 rings (SSSR count). The number of ether oxygens (including phenoxy) is 1. The van der Waals surface area contributed by atoms with Gasteiger partial charge in [-0.15, -0.1) is 0 Å². The van der Waals surface area contributed by atoms with E-state index in [0.29, 0.717) is 11.8 Å². The van der Waals surface area contributed by atoms with Gasteiger partial charge in [0.1, 0.15) is 5.75 Å². The average molecular weight is 342 g/mol. The lowest BCUT2D eigenvalue weighted by molar-refractivity contribution is 0.140. The maximum atomic E-state index is 5.52. The number of benzene rings is 1. The maximum Gasteiger partial charge on any atom is 0.324 e. The molecule has 6 nitrogen and oxygen atoms in total. The van der Waals surface area contributed by atoms with Gasteiger partial charge in [-0.2, -0.15) is 4.98 Å². The fraction of sp³-hybridized carbons (Fsp3) is 0.579. The highest BCUT2D eigenvalue weighted by Gasteiger charge is 2.27. The molecule has 3 heterocycles. The number of anilines is 1. The van der Waals surface area contributed by atoms with Crippen molar-refractivity contribution in [1.29, 1.82) is 0 Å². The molecule has 0 spiro atoms. The molecule has 2 saturated heterocycles. The average Bonchev–Trinajstić information content (AvgIpc) is 3.19. The maximum absolute atomic E-state index is 5.52. The Morgan fingerprint density at radius 3 is 2.40 bits per heavy atom. The highest BCUT2D eigenvalue weighted by Crippen LogP contribution is 2.26. The van der Waals surface area contributed by atoms with Crippen LogP contribution in [0.2, 0.25) is 0 Å². The second-order valence-corrected chi connectivity index (χ2v) is 6.94. The van der Waals surface area contributed by atoms with E-state index in [-0.39, 0.29) is 0 Å². The van der Waals surface area contributed by atoms with Crippen LogP contribution in [0.1, 0.15) is 32.1 Å². The standard InChI is InChI=1S/C19H26N4O2/c1-24-17-7-5-15(6-8-17)18-20-19(25-21-18)23-13-9-16(10-14-23)22-11-3-2-4-12-22/h5-8,16H,2-4,9-14H2,1H3. The number of hydrogen-bond acceptors (Lipinski definition) is 6. The Bertz CT molecular complexity index is 671. The van der Waals surface area contributed by atoms with E-state index >= 15 is 0 Å². The minimum Gasteiger partial charge on any atom is -0.497 e. The van der Waals surface area contributed by atoms with E-state index in [4.69, 9.17) is 9.26 Å². The molecule has 0 atom stereocenters. The molecule has 2 aliphatic rings. The van der Waals surface area contributed by atoms with E-state index in [0.717, 1.165) is 30.4 Å². The first-order valence-electron chi connectivity index (χ1n) is 9.30. The van der Waals surface area contributed by atoms with Gasteiger partial charge in [-0.1, -0.05) is 11.6 Å². The molecule has 0 radical (unpaired) electrons. The number of rotatable bonds is 4. The van der Waals surface area contributed by atoms with E-state index in [9.17, 15) is 0 Å². The molecule has 2 aromatic rings. The quantitative estimate of drug-likeness (QED) is 0.850. The Hall–Kier alpha value is -2.08. The molecular weight excluding hydrogens is 316 g/mol. The Morgan fingerprint density at radius 2 is 1.72 bits per heavy atom. The monoisotopic (exact) mass is 342 g/mol. The predicted molar refractivity (Wildman–Crippen MR) is 96.9 cm³/mol. The summed E-state index contributed by atoms with van der Waals surface area (Å²) in [6, 6.07) is 9.10. The van der Waals surface area contributed by atoms with Crippen LogP contribution in [0, 0.1) is 0 Å². The Kier molecular flexibility index (Phi) is 4.88. The smallest absolute Gasteiger partial charge is 0.324 e. The first-order chi connectivity index (χ1) is 12.3. The van der Waals surface area contributed by atoms with Crippen LogP contribution in [0.5, 0.6) is 5.75 Å². The summed E-state index contributed by atoms with van der Waals surface area (Å²) in [4.78, 5) is 9.49. The molecule has 0 N–H and O–H groups in total. The molecule has 6 heteroatoms. The third kappa shape index (κ3) is 3.63. The van der Waals surface area contributed by atoms with E-state index in [2.05, 4.69) is 19.9 Å². The first-order valence-corrected chi connectivity index (χ1v) is 9.30. The summed E-state index contributed by atoms with van der Waals surface area (Å²) >= 11 is 0. The van der Waals surface area contributed by atoms with Gasteiger partial charge in [0, 0.05) is 24.7 Å². The van der Waals surface area contributed by atoms with Crippen molar-refractivity contribution in [2.45, 2.75) is 38.1 Å². The van der Waals surface area contributed by atoms with E-state index in [1.165, 1.54) is 45.2 Å². The van der Waals surface area contributed by atoms with E-state index in [1.807, 2.05) is 24.3 Å². The van der Waals surface area contributed by atoms with Gasteiger partial charge in [-0.3, -0.25) is 0 Å².